The molecule has 5 N–H and O–H groups in total. The Bertz CT molecular complexity index is 1140. The van der Waals surface area contributed by atoms with Crippen molar-refractivity contribution >= 4 is 29.4 Å². The van der Waals surface area contributed by atoms with Crippen molar-refractivity contribution in [1.82, 2.24) is 5.32 Å². The molecular weight excluding hydrogens is 615 g/mol. The first-order valence-electron chi connectivity index (χ1n) is 17.0. The molecule has 0 aromatic heterocycles. The van der Waals surface area contributed by atoms with Crippen LogP contribution in [0.1, 0.15) is 144 Å². The topological polar surface area (TPSA) is 130 Å². The largest absolute Gasteiger partial charge is 0.390 e. The third-order valence-electron chi connectivity index (χ3n) is 7.48. The first-order valence-corrected chi connectivity index (χ1v) is 18.4. The van der Waals surface area contributed by atoms with E-state index in [0.29, 0.717) is 31.3 Å². The Kier molecular flexibility index (Phi) is 26.9. The minimum atomic E-state index is -1.37. The Labute approximate surface area is 288 Å². The zero-order chi connectivity index (χ0) is 36.5. The third-order valence-corrected chi connectivity index (χ3v) is 8.18. The van der Waals surface area contributed by atoms with E-state index >= 15 is 0 Å². The standard InChI is InChI=1S/C30H43FN2O5S.2C4H10/c1-7-18(3)12-21(13-20(5)31)14-25(28(36)26(34)10-9-11-39-6)33-30(38)24-16-22(27(35)19(4)8-2)15-23(17-24)29(32)37;2*1-3-4-2/h12-13,15-17,19,25-26,28,34,36H,3,7-11,14H2,1-2,4-6H3,(H2,32,37)(H,33,38);2*3-4H2,1-2H3/b20-13+,21-12+;;. The summed E-state index contributed by atoms with van der Waals surface area (Å²) < 4.78 is 13.9. The average Bonchev–Trinajstić information content (AvgIpc) is 3.06. The third kappa shape index (κ3) is 20.3. The molecule has 4 unspecified atom stereocenters. The van der Waals surface area contributed by atoms with Crippen molar-refractivity contribution in [2.75, 3.05) is 12.0 Å². The molecule has 0 bridgehead atoms. The van der Waals surface area contributed by atoms with Crippen LogP contribution in [0.5, 0.6) is 0 Å². The van der Waals surface area contributed by atoms with Crippen molar-refractivity contribution in [2.45, 2.75) is 131 Å². The predicted molar refractivity (Wildman–Crippen MR) is 198 cm³/mol. The highest BCUT2D eigenvalue weighted by Crippen LogP contribution is 2.21. The first kappa shape index (κ1) is 46.4. The SMILES string of the molecule is C=C(/C=C(\C=C(/C)F)CC(NC(=O)c1cc(C(N)=O)cc(C(=O)C(C)CC)c1)C(O)C(O)CCCSC)CC.CCCC.CCCC. The van der Waals surface area contributed by atoms with Crippen molar-refractivity contribution in [2.24, 2.45) is 11.7 Å². The summed E-state index contributed by atoms with van der Waals surface area (Å²) in [5.74, 6) is -1.71. The highest BCUT2D eigenvalue weighted by atomic mass is 32.2. The number of allylic oxidation sites excluding steroid dienone is 4. The Morgan fingerprint density at radius 2 is 1.49 bits per heavy atom. The molecule has 0 fully saturated rings. The van der Waals surface area contributed by atoms with Gasteiger partial charge in [-0.2, -0.15) is 11.8 Å². The molecule has 7 nitrogen and oxygen atoms in total. The molecule has 1 aromatic rings. The van der Waals surface area contributed by atoms with Gasteiger partial charge in [0.25, 0.3) is 5.91 Å². The number of hydrogen-bond acceptors (Lipinski definition) is 6. The number of hydrogen-bond donors (Lipinski definition) is 4. The number of rotatable bonds is 19. The zero-order valence-corrected chi connectivity index (χ0v) is 31.3. The van der Waals surface area contributed by atoms with Gasteiger partial charge in [0.05, 0.1) is 18.0 Å². The number of aliphatic hydroxyl groups is 2. The van der Waals surface area contributed by atoms with Crippen LogP contribution in [0, 0.1) is 5.92 Å². The first-order chi connectivity index (χ1) is 22.2. The fourth-order valence-electron chi connectivity index (χ4n) is 3.93. The van der Waals surface area contributed by atoms with Gasteiger partial charge in [0.15, 0.2) is 5.78 Å². The van der Waals surface area contributed by atoms with Crippen LogP contribution in [0.4, 0.5) is 4.39 Å². The Balaban J connectivity index is 0. The highest BCUT2D eigenvalue weighted by molar-refractivity contribution is 7.98. The monoisotopic (exact) mass is 678 g/mol. The molecule has 1 aromatic carbocycles. The minimum Gasteiger partial charge on any atom is -0.390 e. The highest BCUT2D eigenvalue weighted by Gasteiger charge is 2.29. The van der Waals surface area contributed by atoms with E-state index in [1.807, 2.05) is 20.1 Å². The van der Waals surface area contributed by atoms with Gasteiger partial charge in [-0.15, -0.1) is 0 Å². The van der Waals surface area contributed by atoms with E-state index in [1.54, 1.807) is 24.8 Å². The number of ketones is 1. The maximum absolute atomic E-state index is 13.9. The van der Waals surface area contributed by atoms with Gasteiger partial charge in [0, 0.05) is 22.6 Å². The van der Waals surface area contributed by atoms with Crippen LogP contribution in [-0.4, -0.2) is 58.1 Å². The van der Waals surface area contributed by atoms with E-state index in [-0.39, 0.29) is 34.8 Å². The Morgan fingerprint density at radius 3 is 1.94 bits per heavy atom. The van der Waals surface area contributed by atoms with Gasteiger partial charge in [-0.25, -0.2) is 4.39 Å². The molecule has 0 spiro atoms. The average molecular weight is 679 g/mol. The number of nitrogens with two attached hydrogens (primary N) is 1. The fourth-order valence-corrected chi connectivity index (χ4v) is 4.39. The number of unbranched alkanes of at least 4 members (excludes halogenated alkanes) is 2. The molecule has 9 heteroatoms. The van der Waals surface area contributed by atoms with E-state index in [0.717, 1.165) is 11.3 Å². The fraction of sp³-hybridized carbons (Fsp3) is 0.605. The number of Topliss-reactive ketones (excluding diaryl/α,β-unsaturated/α-hetero) is 1. The maximum atomic E-state index is 13.9. The van der Waals surface area contributed by atoms with Gasteiger partial charge in [-0.3, -0.25) is 14.4 Å². The number of carbonyl (C=O) groups is 3. The summed E-state index contributed by atoms with van der Waals surface area (Å²) in [4.78, 5) is 38.2. The summed E-state index contributed by atoms with van der Waals surface area (Å²) in [7, 11) is 0. The van der Waals surface area contributed by atoms with E-state index in [1.165, 1.54) is 56.9 Å². The van der Waals surface area contributed by atoms with Crippen LogP contribution in [0.3, 0.4) is 0 Å². The lowest BCUT2D eigenvalue weighted by Gasteiger charge is -2.28. The predicted octanol–water partition coefficient (Wildman–Crippen LogP) is 8.75. The van der Waals surface area contributed by atoms with E-state index in [9.17, 15) is 29.0 Å². The molecule has 47 heavy (non-hydrogen) atoms. The molecule has 0 saturated heterocycles. The number of thioether (sulfide) groups is 1. The molecule has 0 aliphatic heterocycles. The summed E-state index contributed by atoms with van der Waals surface area (Å²) in [5.41, 5.74) is 6.85. The molecule has 0 heterocycles. The lowest BCUT2D eigenvalue weighted by molar-refractivity contribution is -0.00716. The number of amides is 2. The van der Waals surface area contributed by atoms with Crippen molar-refractivity contribution < 1.29 is 29.0 Å². The lowest BCUT2D eigenvalue weighted by atomic mass is 9.92. The zero-order valence-electron chi connectivity index (χ0n) is 30.5. The summed E-state index contributed by atoms with van der Waals surface area (Å²) in [5, 5.41) is 24.5. The summed E-state index contributed by atoms with van der Waals surface area (Å²) in [6, 6.07) is 3.02. The Morgan fingerprint density at radius 1 is 0.957 bits per heavy atom. The molecule has 0 aliphatic rings. The van der Waals surface area contributed by atoms with Gasteiger partial charge in [0.2, 0.25) is 5.91 Å². The minimum absolute atomic E-state index is 0.000630. The van der Waals surface area contributed by atoms with Gasteiger partial charge >= 0.3 is 0 Å². The van der Waals surface area contributed by atoms with Crippen molar-refractivity contribution in [1.29, 1.82) is 0 Å². The molecular formula is C38H63FN2O5S. The lowest BCUT2D eigenvalue weighted by Crippen LogP contribution is -2.48. The number of carbonyl (C=O) groups excluding carboxylic acids is 3. The van der Waals surface area contributed by atoms with E-state index in [2.05, 4.69) is 39.6 Å². The van der Waals surface area contributed by atoms with Gasteiger partial charge in [-0.1, -0.05) is 92.4 Å². The second-order valence-electron chi connectivity index (χ2n) is 11.8. The van der Waals surface area contributed by atoms with Gasteiger partial charge < -0.3 is 21.3 Å². The van der Waals surface area contributed by atoms with Crippen LogP contribution in [0.15, 0.2) is 53.9 Å². The molecule has 1 rings (SSSR count). The second-order valence-corrected chi connectivity index (χ2v) is 12.8. The quantitative estimate of drug-likeness (QED) is 0.0658. The number of halogens is 1. The number of benzene rings is 1. The molecule has 4 atom stereocenters. The molecule has 0 saturated carbocycles. The van der Waals surface area contributed by atoms with Crippen molar-refractivity contribution in [3.05, 3.63) is 70.6 Å². The molecule has 2 amide bonds. The molecule has 0 radical (unpaired) electrons. The number of nitrogens with one attached hydrogen (secondary N) is 1. The summed E-state index contributed by atoms with van der Waals surface area (Å²) >= 11 is 1.61. The van der Waals surface area contributed by atoms with Crippen LogP contribution in [-0.2, 0) is 0 Å². The normalized spacial score (nSPS) is 14.0. The van der Waals surface area contributed by atoms with Crippen LogP contribution >= 0.6 is 11.8 Å². The molecule has 0 aliphatic carbocycles. The van der Waals surface area contributed by atoms with Crippen LogP contribution < -0.4 is 11.1 Å². The van der Waals surface area contributed by atoms with Gasteiger partial charge in [0.1, 0.15) is 6.10 Å². The smallest absolute Gasteiger partial charge is 0.251 e. The van der Waals surface area contributed by atoms with E-state index < -0.39 is 35.9 Å². The van der Waals surface area contributed by atoms with E-state index in [4.69, 9.17) is 5.73 Å². The van der Waals surface area contributed by atoms with Gasteiger partial charge in [-0.05, 0) is 80.9 Å². The van der Waals surface area contributed by atoms with Crippen LogP contribution in [0.2, 0.25) is 0 Å². The molecule has 268 valence electrons. The van der Waals surface area contributed by atoms with Crippen molar-refractivity contribution in [3.63, 3.8) is 0 Å². The number of aliphatic hydroxyl groups excluding tert-OH is 2. The Hall–Kier alpha value is -2.75. The summed E-state index contributed by atoms with van der Waals surface area (Å²) in [6.07, 6.45) is 9.83. The van der Waals surface area contributed by atoms with Crippen LogP contribution in [0.25, 0.3) is 0 Å². The number of primary amides is 1. The van der Waals surface area contributed by atoms with Crippen molar-refractivity contribution in [3.8, 4) is 0 Å². The summed E-state index contributed by atoms with van der Waals surface area (Å²) in [6.45, 7) is 19.5. The maximum Gasteiger partial charge on any atom is 0.251 e. The second kappa shape index (κ2) is 27.2.